The lowest BCUT2D eigenvalue weighted by Crippen LogP contribution is -2.19. The molecule has 0 bridgehead atoms. The number of ketones is 1. The second-order valence-corrected chi connectivity index (χ2v) is 7.41. The summed E-state index contributed by atoms with van der Waals surface area (Å²) in [6.45, 7) is 2.19. The van der Waals surface area contributed by atoms with Crippen LogP contribution in [0.2, 0.25) is 0 Å². The van der Waals surface area contributed by atoms with Crippen LogP contribution in [-0.4, -0.2) is 28.1 Å². The number of hydrogen-bond donors (Lipinski definition) is 2. The zero-order valence-corrected chi connectivity index (χ0v) is 16.2. The standard InChI is InChI=1S/C22H36O4/c1-2-3-4-5-8-11-14-18-19(21(24)17-20(18)23)15-12-9-6-7-10-13-16-22(25)26/h8-9,11-12,18-20,23H,2-7,10,13-17H2,1H3,(H,25,26)/t18-,19-,20-/m1/s1. The van der Waals surface area contributed by atoms with Crippen molar-refractivity contribution in [2.75, 3.05) is 0 Å². The molecule has 4 nitrogen and oxygen atoms in total. The molecular weight excluding hydrogens is 328 g/mol. The van der Waals surface area contributed by atoms with Gasteiger partial charge in [0.15, 0.2) is 0 Å². The summed E-state index contributed by atoms with van der Waals surface area (Å²) >= 11 is 0. The van der Waals surface area contributed by atoms with E-state index in [1.807, 2.05) is 0 Å². The number of Topliss-reactive ketones (excluding diaryl/α,β-unsaturated/α-hetero) is 1. The van der Waals surface area contributed by atoms with Crippen molar-refractivity contribution < 1.29 is 19.8 Å². The third kappa shape index (κ3) is 9.33. The average Bonchev–Trinajstić information content (AvgIpc) is 2.86. The molecule has 1 aliphatic rings. The fourth-order valence-electron chi connectivity index (χ4n) is 3.60. The highest BCUT2D eigenvalue weighted by atomic mass is 16.4. The lowest BCUT2D eigenvalue weighted by atomic mass is 9.88. The number of unbranched alkanes of at least 4 members (excludes halogenated alkanes) is 6. The number of aliphatic hydroxyl groups excluding tert-OH is 1. The van der Waals surface area contributed by atoms with Crippen LogP contribution in [0.5, 0.6) is 0 Å². The van der Waals surface area contributed by atoms with E-state index < -0.39 is 12.1 Å². The average molecular weight is 365 g/mol. The minimum absolute atomic E-state index is 0.0464. The molecule has 0 saturated heterocycles. The molecule has 1 aliphatic carbocycles. The Kier molecular flexibility index (Phi) is 12.0. The Morgan fingerprint density at radius 3 is 2.31 bits per heavy atom. The maximum Gasteiger partial charge on any atom is 0.303 e. The van der Waals surface area contributed by atoms with E-state index in [1.165, 1.54) is 19.3 Å². The van der Waals surface area contributed by atoms with Gasteiger partial charge in [-0.1, -0.05) is 50.5 Å². The highest BCUT2D eigenvalue weighted by Gasteiger charge is 2.39. The third-order valence-electron chi connectivity index (χ3n) is 5.20. The largest absolute Gasteiger partial charge is 0.481 e. The van der Waals surface area contributed by atoms with Gasteiger partial charge in [0.25, 0.3) is 0 Å². The van der Waals surface area contributed by atoms with Crippen molar-refractivity contribution >= 4 is 11.8 Å². The Bertz CT molecular complexity index is 467. The first kappa shape index (κ1) is 22.6. The first-order valence-electron chi connectivity index (χ1n) is 10.3. The molecule has 1 saturated carbocycles. The molecule has 1 rings (SSSR count). The third-order valence-corrected chi connectivity index (χ3v) is 5.20. The molecule has 0 heterocycles. The summed E-state index contributed by atoms with van der Waals surface area (Å²) in [4.78, 5) is 22.6. The van der Waals surface area contributed by atoms with Crippen LogP contribution in [0.25, 0.3) is 0 Å². The number of allylic oxidation sites excluding steroid dienone is 4. The van der Waals surface area contributed by atoms with Crippen LogP contribution in [0.1, 0.15) is 84.0 Å². The first-order chi connectivity index (χ1) is 12.6. The van der Waals surface area contributed by atoms with Gasteiger partial charge in [-0.25, -0.2) is 0 Å². The van der Waals surface area contributed by atoms with Gasteiger partial charge in [0.05, 0.1) is 6.10 Å². The lowest BCUT2D eigenvalue weighted by Gasteiger charge is -2.18. The number of carboxylic acids is 1. The molecular formula is C22H36O4. The SMILES string of the molecule is CCCCCC=CC[C@H]1[C@H](O)CC(=O)[C@@H]1CC=CCCCCCC(=O)O. The van der Waals surface area contributed by atoms with Gasteiger partial charge in [0, 0.05) is 18.8 Å². The van der Waals surface area contributed by atoms with Crippen molar-refractivity contribution in [3.8, 4) is 0 Å². The van der Waals surface area contributed by atoms with Crippen molar-refractivity contribution in [2.24, 2.45) is 11.8 Å². The molecule has 0 aliphatic heterocycles. The highest BCUT2D eigenvalue weighted by molar-refractivity contribution is 5.84. The molecule has 4 heteroatoms. The van der Waals surface area contributed by atoms with Crippen LogP contribution in [0.4, 0.5) is 0 Å². The second kappa shape index (κ2) is 13.7. The van der Waals surface area contributed by atoms with E-state index in [-0.39, 0.29) is 24.0 Å². The van der Waals surface area contributed by atoms with Crippen molar-refractivity contribution in [2.45, 2.75) is 90.1 Å². The molecule has 0 aromatic rings. The van der Waals surface area contributed by atoms with Crippen molar-refractivity contribution in [3.63, 3.8) is 0 Å². The molecule has 2 N–H and O–H groups in total. The summed E-state index contributed by atoms with van der Waals surface area (Å²) in [5.41, 5.74) is 0. The summed E-state index contributed by atoms with van der Waals surface area (Å²) in [6.07, 6.45) is 18.3. The van der Waals surface area contributed by atoms with Gasteiger partial charge < -0.3 is 10.2 Å². The minimum Gasteiger partial charge on any atom is -0.481 e. The Hall–Kier alpha value is -1.42. The second-order valence-electron chi connectivity index (χ2n) is 7.41. The summed E-state index contributed by atoms with van der Waals surface area (Å²) in [5, 5.41) is 18.8. The molecule has 26 heavy (non-hydrogen) atoms. The first-order valence-corrected chi connectivity index (χ1v) is 10.3. The molecule has 0 amide bonds. The van der Waals surface area contributed by atoms with E-state index in [2.05, 4.69) is 31.2 Å². The van der Waals surface area contributed by atoms with Crippen LogP contribution in [0, 0.1) is 11.8 Å². The van der Waals surface area contributed by atoms with Gasteiger partial charge in [-0.05, 0) is 50.9 Å². The van der Waals surface area contributed by atoms with Crippen LogP contribution in [-0.2, 0) is 9.59 Å². The molecule has 0 aromatic heterocycles. The van der Waals surface area contributed by atoms with E-state index >= 15 is 0 Å². The molecule has 0 spiro atoms. The zero-order chi connectivity index (χ0) is 19.2. The van der Waals surface area contributed by atoms with E-state index in [0.717, 1.165) is 38.5 Å². The number of carbonyl (C=O) groups excluding carboxylic acids is 1. The molecule has 0 unspecified atom stereocenters. The summed E-state index contributed by atoms with van der Waals surface area (Å²) < 4.78 is 0. The predicted molar refractivity (Wildman–Crippen MR) is 105 cm³/mol. The quantitative estimate of drug-likeness (QED) is 0.334. The van der Waals surface area contributed by atoms with Crippen molar-refractivity contribution in [1.82, 2.24) is 0 Å². The number of aliphatic hydroxyl groups is 1. The van der Waals surface area contributed by atoms with Gasteiger partial charge in [0.2, 0.25) is 0 Å². The number of carboxylic acid groups (broad SMARTS) is 1. The van der Waals surface area contributed by atoms with Gasteiger partial charge in [-0.2, -0.15) is 0 Å². The molecule has 0 aromatic carbocycles. The van der Waals surface area contributed by atoms with Crippen LogP contribution in [0.15, 0.2) is 24.3 Å². The summed E-state index contributed by atoms with van der Waals surface area (Å²) in [6, 6.07) is 0. The topological polar surface area (TPSA) is 74.6 Å². The van der Waals surface area contributed by atoms with Gasteiger partial charge in [0.1, 0.15) is 5.78 Å². The number of rotatable bonds is 14. The molecule has 1 fully saturated rings. The predicted octanol–water partition coefficient (Wildman–Crippen LogP) is 5.06. The smallest absolute Gasteiger partial charge is 0.303 e. The highest BCUT2D eigenvalue weighted by Crippen LogP contribution is 2.34. The van der Waals surface area contributed by atoms with Crippen LogP contribution >= 0.6 is 0 Å². The zero-order valence-electron chi connectivity index (χ0n) is 16.2. The Morgan fingerprint density at radius 1 is 1.00 bits per heavy atom. The van der Waals surface area contributed by atoms with Gasteiger partial charge in [-0.3, -0.25) is 9.59 Å². The number of aliphatic carboxylic acids is 1. The van der Waals surface area contributed by atoms with Crippen LogP contribution < -0.4 is 0 Å². The fraction of sp³-hybridized carbons (Fsp3) is 0.727. The van der Waals surface area contributed by atoms with Crippen LogP contribution in [0.3, 0.4) is 0 Å². The van der Waals surface area contributed by atoms with Crippen molar-refractivity contribution in [3.05, 3.63) is 24.3 Å². The summed E-state index contributed by atoms with van der Waals surface area (Å²) in [7, 11) is 0. The van der Waals surface area contributed by atoms with E-state index in [9.17, 15) is 14.7 Å². The fourth-order valence-corrected chi connectivity index (χ4v) is 3.60. The van der Waals surface area contributed by atoms with Gasteiger partial charge >= 0.3 is 5.97 Å². The monoisotopic (exact) mass is 364 g/mol. The van der Waals surface area contributed by atoms with Crippen molar-refractivity contribution in [1.29, 1.82) is 0 Å². The normalized spacial score (nSPS) is 23.5. The minimum atomic E-state index is -0.732. The Balaban J connectivity index is 2.29. The van der Waals surface area contributed by atoms with E-state index in [4.69, 9.17) is 5.11 Å². The maximum atomic E-state index is 12.2. The Labute approximate surface area is 158 Å². The summed E-state index contributed by atoms with van der Waals surface area (Å²) in [5.74, 6) is -0.559. The van der Waals surface area contributed by atoms with Gasteiger partial charge in [-0.15, -0.1) is 0 Å². The molecule has 0 radical (unpaired) electrons. The maximum absolute atomic E-state index is 12.2. The molecule has 148 valence electrons. The Morgan fingerprint density at radius 2 is 1.65 bits per heavy atom. The number of carbonyl (C=O) groups is 2. The molecule has 3 atom stereocenters. The van der Waals surface area contributed by atoms with E-state index in [1.54, 1.807) is 0 Å². The number of hydrogen-bond acceptors (Lipinski definition) is 3. The lowest BCUT2D eigenvalue weighted by molar-refractivity contribution is -0.137. The van der Waals surface area contributed by atoms with E-state index in [0.29, 0.717) is 12.8 Å².